The summed E-state index contributed by atoms with van der Waals surface area (Å²) >= 11 is 11.6. The minimum atomic E-state index is -1.35. The van der Waals surface area contributed by atoms with Crippen molar-refractivity contribution in [3.05, 3.63) is 33.6 Å². The van der Waals surface area contributed by atoms with E-state index < -0.39 is 18.0 Å². The summed E-state index contributed by atoms with van der Waals surface area (Å²) in [5, 5.41) is 22.1. The van der Waals surface area contributed by atoms with E-state index in [1.54, 1.807) is 0 Å². The van der Waals surface area contributed by atoms with Gasteiger partial charge in [-0.3, -0.25) is 4.79 Å². The van der Waals surface area contributed by atoms with Crippen LogP contribution in [-0.4, -0.2) is 28.8 Å². The zero-order valence-corrected chi connectivity index (χ0v) is 11.7. The van der Waals surface area contributed by atoms with E-state index in [1.807, 2.05) is 0 Å². The first-order chi connectivity index (χ1) is 8.82. The third-order valence-electron chi connectivity index (χ3n) is 2.52. The number of nitrogens with one attached hydrogen (secondary N) is 1. The minimum Gasteiger partial charge on any atom is -0.390 e. The van der Waals surface area contributed by atoms with Crippen LogP contribution in [-0.2, 0) is 4.79 Å². The third-order valence-corrected chi connectivity index (χ3v) is 3.14. The van der Waals surface area contributed by atoms with Gasteiger partial charge in [-0.2, -0.15) is 0 Å². The molecule has 0 aliphatic rings. The highest BCUT2D eigenvalue weighted by atomic mass is 35.5. The maximum absolute atomic E-state index is 13.0. The zero-order valence-electron chi connectivity index (χ0n) is 10.2. The van der Waals surface area contributed by atoms with Crippen LogP contribution in [0.3, 0.4) is 0 Å². The number of hydrogen-bond acceptors (Lipinski definition) is 3. The average molecular weight is 310 g/mol. The molecule has 0 saturated carbocycles. The molecule has 0 aliphatic heterocycles. The number of aliphatic hydroxyl groups is 2. The molecule has 2 atom stereocenters. The molecule has 0 radical (unpaired) electrons. The fourth-order valence-corrected chi connectivity index (χ4v) is 2.27. The average Bonchev–Trinajstić information content (AvgIpc) is 2.26. The van der Waals surface area contributed by atoms with Crippen LogP contribution >= 0.6 is 23.2 Å². The first kappa shape index (κ1) is 16.2. The van der Waals surface area contributed by atoms with E-state index in [4.69, 9.17) is 23.2 Å². The van der Waals surface area contributed by atoms with Crippen molar-refractivity contribution in [2.45, 2.75) is 25.6 Å². The Morgan fingerprint density at radius 2 is 1.89 bits per heavy atom. The van der Waals surface area contributed by atoms with Gasteiger partial charge in [0.05, 0.1) is 16.1 Å². The molecular formula is C12H14Cl2FNO3. The SMILES string of the molecule is CC(=O)NCCC(O)C(O)c1c(Cl)cc(F)cc1Cl. The van der Waals surface area contributed by atoms with Crippen molar-refractivity contribution in [2.24, 2.45) is 0 Å². The summed E-state index contributed by atoms with van der Waals surface area (Å²) in [4.78, 5) is 10.7. The molecule has 7 heteroatoms. The number of hydrogen-bond donors (Lipinski definition) is 3. The summed E-state index contributed by atoms with van der Waals surface area (Å²) in [6.07, 6.45) is -2.41. The number of aliphatic hydroxyl groups excluding tert-OH is 2. The molecule has 1 aromatic rings. The molecule has 0 spiro atoms. The van der Waals surface area contributed by atoms with Gasteiger partial charge in [-0.25, -0.2) is 4.39 Å². The monoisotopic (exact) mass is 309 g/mol. The van der Waals surface area contributed by atoms with Crippen molar-refractivity contribution < 1.29 is 19.4 Å². The molecule has 0 heterocycles. The normalized spacial score (nSPS) is 14.0. The van der Waals surface area contributed by atoms with Crippen LogP contribution in [0.4, 0.5) is 4.39 Å². The van der Waals surface area contributed by atoms with Crippen LogP contribution < -0.4 is 5.32 Å². The summed E-state index contributed by atoms with van der Waals surface area (Å²) in [5.74, 6) is -0.863. The van der Waals surface area contributed by atoms with Crippen LogP contribution in [0.2, 0.25) is 10.0 Å². The van der Waals surface area contributed by atoms with E-state index in [1.165, 1.54) is 6.92 Å². The Balaban J connectivity index is 2.76. The van der Waals surface area contributed by atoms with Gasteiger partial charge >= 0.3 is 0 Å². The Hall–Kier alpha value is -0.880. The maximum Gasteiger partial charge on any atom is 0.216 e. The lowest BCUT2D eigenvalue weighted by atomic mass is 10.0. The smallest absolute Gasteiger partial charge is 0.216 e. The molecule has 0 aliphatic carbocycles. The molecule has 1 aromatic carbocycles. The van der Waals surface area contributed by atoms with Gasteiger partial charge in [0.15, 0.2) is 0 Å². The number of amides is 1. The van der Waals surface area contributed by atoms with E-state index in [0.29, 0.717) is 0 Å². The quantitative estimate of drug-likeness (QED) is 0.779. The lowest BCUT2D eigenvalue weighted by Crippen LogP contribution is -2.27. The molecule has 106 valence electrons. The van der Waals surface area contributed by atoms with E-state index in [-0.39, 0.29) is 34.5 Å². The van der Waals surface area contributed by atoms with Crippen LogP contribution in [0.5, 0.6) is 0 Å². The summed E-state index contributed by atoms with van der Waals surface area (Å²) in [5.41, 5.74) is 0.0695. The highest BCUT2D eigenvalue weighted by Crippen LogP contribution is 2.33. The van der Waals surface area contributed by atoms with Gasteiger partial charge in [0.2, 0.25) is 5.91 Å². The Morgan fingerprint density at radius 3 is 2.37 bits per heavy atom. The number of carbonyl (C=O) groups is 1. The Labute approximate surface area is 120 Å². The van der Waals surface area contributed by atoms with Crippen molar-refractivity contribution >= 4 is 29.1 Å². The van der Waals surface area contributed by atoms with Crippen molar-refractivity contribution in [3.63, 3.8) is 0 Å². The molecular weight excluding hydrogens is 296 g/mol. The Kier molecular flexibility index (Phi) is 6.00. The lowest BCUT2D eigenvalue weighted by molar-refractivity contribution is -0.119. The Bertz CT molecular complexity index is 447. The molecule has 1 amide bonds. The van der Waals surface area contributed by atoms with Crippen LogP contribution in [0.25, 0.3) is 0 Å². The summed E-state index contributed by atoms with van der Waals surface area (Å²) in [7, 11) is 0. The molecule has 1 rings (SSSR count). The van der Waals surface area contributed by atoms with Gasteiger partial charge in [0.1, 0.15) is 11.9 Å². The number of rotatable bonds is 5. The van der Waals surface area contributed by atoms with Crippen molar-refractivity contribution in [1.29, 1.82) is 0 Å². The van der Waals surface area contributed by atoms with Gasteiger partial charge in [0, 0.05) is 19.0 Å². The molecule has 0 saturated heterocycles. The van der Waals surface area contributed by atoms with Crippen molar-refractivity contribution in [3.8, 4) is 0 Å². The molecule has 19 heavy (non-hydrogen) atoms. The van der Waals surface area contributed by atoms with Crippen molar-refractivity contribution in [2.75, 3.05) is 6.54 Å². The fraction of sp³-hybridized carbons (Fsp3) is 0.417. The first-order valence-corrected chi connectivity index (χ1v) is 6.33. The van der Waals surface area contributed by atoms with E-state index >= 15 is 0 Å². The fourth-order valence-electron chi connectivity index (χ4n) is 1.58. The maximum atomic E-state index is 13.0. The standard InChI is InChI=1S/C12H14Cl2FNO3/c1-6(17)16-3-2-10(18)12(19)11-8(13)4-7(15)5-9(11)14/h4-5,10,12,18-19H,2-3H2,1H3,(H,16,17). The van der Waals surface area contributed by atoms with Crippen LogP contribution in [0, 0.1) is 5.82 Å². The Morgan fingerprint density at radius 1 is 1.37 bits per heavy atom. The van der Waals surface area contributed by atoms with E-state index in [2.05, 4.69) is 5.32 Å². The molecule has 2 unspecified atom stereocenters. The molecule has 0 aromatic heterocycles. The third kappa shape index (κ3) is 4.62. The largest absolute Gasteiger partial charge is 0.390 e. The second kappa shape index (κ2) is 7.05. The van der Waals surface area contributed by atoms with Gasteiger partial charge in [-0.1, -0.05) is 23.2 Å². The van der Waals surface area contributed by atoms with E-state index in [9.17, 15) is 19.4 Å². The lowest BCUT2D eigenvalue weighted by Gasteiger charge is -2.20. The van der Waals surface area contributed by atoms with Crippen molar-refractivity contribution in [1.82, 2.24) is 5.32 Å². The van der Waals surface area contributed by atoms with Gasteiger partial charge < -0.3 is 15.5 Å². The number of carbonyl (C=O) groups excluding carboxylic acids is 1. The van der Waals surface area contributed by atoms with Gasteiger partial charge in [0.25, 0.3) is 0 Å². The highest BCUT2D eigenvalue weighted by molar-refractivity contribution is 6.36. The molecule has 0 bridgehead atoms. The minimum absolute atomic E-state index is 0.0592. The molecule has 4 nitrogen and oxygen atoms in total. The summed E-state index contributed by atoms with van der Waals surface area (Å²) in [6, 6.07) is 2.01. The van der Waals surface area contributed by atoms with Crippen LogP contribution in [0.1, 0.15) is 25.0 Å². The predicted octanol–water partition coefficient (Wildman–Crippen LogP) is 2.05. The highest BCUT2D eigenvalue weighted by Gasteiger charge is 2.23. The summed E-state index contributed by atoms with van der Waals surface area (Å²) in [6.45, 7) is 1.54. The first-order valence-electron chi connectivity index (χ1n) is 5.58. The second-order valence-corrected chi connectivity index (χ2v) is 4.88. The van der Waals surface area contributed by atoms with Gasteiger partial charge in [-0.15, -0.1) is 0 Å². The topological polar surface area (TPSA) is 69.6 Å². The second-order valence-electron chi connectivity index (χ2n) is 4.07. The van der Waals surface area contributed by atoms with Crippen LogP contribution in [0.15, 0.2) is 12.1 Å². The number of benzene rings is 1. The predicted molar refractivity (Wildman–Crippen MR) is 70.7 cm³/mol. The number of halogens is 3. The van der Waals surface area contributed by atoms with Gasteiger partial charge in [-0.05, 0) is 18.6 Å². The van der Waals surface area contributed by atoms with E-state index in [0.717, 1.165) is 12.1 Å². The summed E-state index contributed by atoms with van der Waals surface area (Å²) < 4.78 is 13.0. The molecule has 3 N–H and O–H groups in total. The zero-order chi connectivity index (χ0) is 14.6. The molecule has 0 fully saturated rings.